The van der Waals surface area contributed by atoms with Crippen LogP contribution < -0.4 is 4.90 Å². The first-order valence-corrected chi connectivity index (χ1v) is 9.26. The lowest BCUT2D eigenvalue weighted by Gasteiger charge is -2.23. The van der Waals surface area contributed by atoms with Crippen LogP contribution in [-0.4, -0.2) is 49.3 Å². The summed E-state index contributed by atoms with van der Waals surface area (Å²) in [6, 6.07) is 8.15. The number of aromatic nitrogens is 6. The van der Waals surface area contributed by atoms with Gasteiger partial charge in [0, 0.05) is 44.2 Å². The number of rotatable bonds is 4. The molecule has 9 heteroatoms. The van der Waals surface area contributed by atoms with E-state index in [1.165, 1.54) is 6.07 Å². The monoisotopic (exact) mass is 391 g/mol. The van der Waals surface area contributed by atoms with Crippen LogP contribution in [0.3, 0.4) is 0 Å². The summed E-state index contributed by atoms with van der Waals surface area (Å²) in [5.41, 5.74) is 1.64. The Morgan fingerprint density at radius 2 is 2.03 bits per heavy atom. The highest BCUT2D eigenvalue weighted by Gasteiger charge is 2.37. The van der Waals surface area contributed by atoms with Crippen LogP contribution in [0.5, 0.6) is 0 Å². The molecule has 5 rings (SSSR count). The standard InChI is InChI=1S/C20H18FN7O/c1-29-13-10-17(19-26-25-18-11-22-8-9-27(18)19)28(12-13)20-23-7-6-16(24-20)14-4-2-3-5-15(14)21/h2-9,11,13,17H,10,12H2,1H3/t13-,17+/m1/s1. The second-order valence-corrected chi connectivity index (χ2v) is 6.85. The van der Waals surface area contributed by atoms with Crippen LogP contribution in [0.25, 0.3) is 16.9 Å². The van der Waals surface area contributed by atoms with Crippen LogP contribution in [0.15, 0.2) is 55.1 Å². The van der Waals surface area contributed by atoms with E-state index in [9.17, 15) is 4.39 Å². The molecule has 4 aromatic rings. The summed E-state index contributed by atoms with van der Waals surface area (Å²) in [5, 5.41) is 8.59. The van der Waals surface area contributed by atoms with E-state index < -0.39 is 0 Å². The van der Waals surface area contributed by atoms with Gasteiger partial charge in [0.05, 0.1) is 24.0 Å². The Kier molecular flexibility index (Phi) is 4.36. The molecular weight excluding hydrogens is 373 g/mol. The molecule has 0 unspecified atom stereocenters. The van der Waals surface area contributed by atoms with E-state index in [-0.39, 0.29) is 18.0 Å². The van der Waals surface area contributed by atoms with Crippen LogP contribution in [-0.2, 0) is 4.74 Å². The van der Waals surface area contributed by atoms with Gasteiger partial charge < -0.3 is 9.64 Å². The van der Waals surface area contributed by atoms with Crippen LogP contribution in [0.4, 0.5) is 10.3 Å². The molecule has 0 aliphatic carbocycles. The summed E-state index contributed by atoms with van der Waals surface area (Å²) in [6.07, 6.45) is 7.55. The van der Waals surface area contributed by atoms with Crippen molar-refractivity contribution in [1.82, 2.24) is 29.5 Å². The van der Waals surface area contributed by atoms with Crippen LogP contribution in [0.1, 0.15) is 18.3 Å². The fourth-order valence-electron chi connectivity index (χ4n) is 3.74. The quantitative estimate of drug-likeness (QED) is 0.529. The van der Waals surface area contributed by atoms with Crippen molar-refractivity contribution in [2.24, 2.45) is 0 Å². The summed E-state index contributed by atoms with van der Waals surface area (Å²) in [4.78, 5) is 15.2. The van der Waals surface area contributed by atoms with E-state index >= 15 is 0 Å². The number of benzene rings is 1. The lowest BCUT2D eigenvalue weighted by molar-refractivity contribution is 0.118. The maximum absolute atomic E-state index is 14.3. The number of ether oxygens (including phenoxy) is 1. The normalized spacial score (nSPS) is 19.2. The number of anilines is 1. The molecule has 0 spiro atoms. The molecule has 146 valence electrons. The molecule has 0 N–H and O–H groups in total. The highest BCUT2D eigenvalue weighted by Crippen LogP contribution is 2.35. The minimum absolute atomic E-state index is 0.00472. The lowest BCUT2D eigenvalue weighted by atomic mass is 10.1. The Morgan fingerprint density at radius 3 is 2.90 bits per heavy atom. The van der Waals surface area contributed by atoms with E-state index in [1.807, 2.05) is 15.5 Å². The van der Waals surface area contributed by atoms with E-state index in [1.54, 1.807) is 50.0 Å². The molecule has 3 aromatic heterocycles. The van der Waals surface area contributed by atoms with Crippen molar-refractivity contribution in [1.29, 1.82) is 0 Å². The molecule has 1 aromatic carbocycles. The molecule has 2 atom stereocenters. The van der Waals surface area contributed by atoms with Gasteiger partial charge >= 0.3 is 0 Å². The largest absolute Gasteiger partial charge is 0.380 e. The van der Waals surface area contributed by atoms with Crippen LogP contribution in [0.2, 0.25) is 0 Å². The van der Waals surface area contributed by atoms with E-state index in [4.69, 9.17) is 4.74 Å². The average molecular weight is 391 g/mol. The molecule has 0 radical (unpaired) electrons. The van der Waals surface area contributed by atoms with Gasteiger partial charge in [-0.1, -0.05) is 12.1 Å². The Bertz CT molecular complexity index is 1160. The van der Waals surface area contributed by atoms with E-state index in [0.717, 1.165) is 5.82 Å². The Morgan fingerprint density at radius 1 is 1.14 bits per heavy atom. The minimum Gasteiger partial charge on any atom is -0.380 e. The molecule has 1 aliphatic heterocycles. The van der Waals surface area contributed by atoms with Gasteiger partial charge in [-0.05, 0) is 18.2 Å². The lowest BCUT2D eigenvalue weighted by Crippen LogP contribution is -2.27. The predicted molar refractivity (Wildman–Crippen MR) is 104 cm³/mol. The Hall–Kier alpha value is -3.46. The van der Waals surface area contributed by atoms with Gasteiger partial charge in [-0.15, -0.1) is 10.2 Å². The molecule has 8 nitrogen and oxygen atoms in total. The van der Waals surface area contributed by atoms with Crippen molar-refractivity contribution in [3.8, 4) is 11.3 Å². The van der Waals surface area contributed by atoms with Gasteiger partial charge in [0.2, 0.25) is 5.95 Å². The van der Waals surface area contributed by atoms with Gasteiger partial charge in [0.1, 0.15) is 5.82 Å². The summed E-state index contributed by atoms with van der Waals surface area (Å²) in [7, 11) is 1.69. The van der Waals surface area contributed by atoms with E-state index in [0.29, 0.717) is 35.8 Å². The Balaban J connectivity index is 1.57. The minimum atomic E-state index is -0.319. The predicted octanol–water partition coefficient (Wildman–Crippen LogP) is 2.69. The highest BCUT2D eigenvalue weighted by molar-refractivity contribution is 5.61. The van der Waals surface area contributed by atoms with E-state index in [2.05, 4.69) is 25.1 Å². The second kappa shape index (κ2) is 7.17. The fourth-order valence-corrected chi connectivity index (χ4v) is 3.74. The first-order valence-electron chi connectivity index (χ1n) is 9.26. The van der Waals surface area contributed by atoms with Crippen molar-refractivity contribution in [2.75, 3.05) is 18.6 Å². The van der Waals surface area contributed by atoms with Crippen LogP contribution >= 0.6 is 0 Å². The highest BCUT2D eigenvalue weighted by atomic mass is 19.1. The zero-order chi connectivity index (χ0) is 19.8. The zero-order valence-corrected chi connectivity index (χ0v) is 15.7. The first kappa shape index (κ1) is 17.6. The number of nitrogens with zero attached hydrogens (tertiary/aromatic N) is 7. The van der Waals surface area contributed by atoms with Crippen molar-refractivity contribution < 1.29 is 9.13 Å². The van der Waals surface area contributed by atoms with Gasteiger partial charge in [-0.25, -0.2) is 14.4 Å². The molecule has 0 bridgehead atoms. The molecule has 0 saturated carbocycles. The molecule has 1 saturated heterocycles. The van der Waals surface area contributed by atoms with Crippen molar-refractivity contribution in [3.63, 3.8) is 0 Å². The molecule has 4 heterocycles. The third kappa shape index (κ3) is 3.09. The summed E-state index contributed by atoms with van der Waals surface area (Å²) >= 11 is 0. The topological polar surface area (TPSA) is 81.3 Å². The third-order valence-electron chi connectivity index (χ3n) is 5.18. The van der Waals surface area contributed by atoms with Crippen molar-refractivity contribution in [2.45, 2.75) is 18.6 Å². The zero-order valence-electron chi connectivity index (χ0n) is 15.7. The maximum atomic E-state index is 14.3. The summed E-state index contributed by atoms with van der Waals surface area (Å²) in [5.74, 6) is 0.948. The van der Waals surface area contributed by atoms with Crippen molar-refractivity contribution >= 4 is 11.6 Å². The average Bonchev–Trinajstić information content (AvgIpc) is 3.38. The second-order valence-electron chi connectivity index (χ2n) is 6.85. The number of hydrogen-bond acceptors (Lipinski definition) is 7. The van der Waals surface area contributed by atoms with Gasteiger partial charge in [-0.2, -0.15) is 0 Å². The molecule has 0 amide bonds. The maximum Gasteiger partial charge on any atom is 0.226 e. The first-order chi connectivity index (χ1) is 14.2. The van der Waals surface area contributed by atoms with Gasteiger partial charge in [0.25, 0.3) is 0 Å². The van der Waals surface area contributed by atoms with Gasteiger partial charge in [0.15, 0.2) is 11.5 Å². The molecule has 1 fully saturated rings. The SMILES string of the molecule is CO[C@@H]1C[C@@H](c2nnc3cnccn23)N(c2nccc(-c3ccccc3F)n2)C1. The number of hydrogen-bond donors (Lipinski definition) is 0. The number of fused-ring (bicyclic) bond motifs is 1. The number of halogens is 1. The molecular formula is C20H18FN7O. The fraction of sp³-hybridized carbons (Fsp3) is 0.250. The summed E-state index contributed by atoms with van der Waals surface area (Å²) < 4.78 is 21.8. The van der Waals surface area contributed by atoms with Gasteiger partial charge in [-0.3, -0.25) is 9.38 Å². The number of methoxy groups -OCH3 is 1. The smallest absolute Gasteiger partial charge is 0.226 e. The molecule has 29 heavy (non-hydrogen) atoms. The molecule has 1 aliphatic rings. The van der Waals surface area contributed by atoms with Crippen LogP contribution in [0, 0.1) is 5.82 Å². The Labute approximate surface area is 166 Å². The summed E-state index contributed by atoms with van der Waals surface area (Å²) in [6.45, 7) is 0.599. The van der Waals surface area contributed by atoms with Crippen molar-refractivity contribution in [3.05, 3.63) is 66.8 Å². The third-order valence-corrected chi connectivity index (χ3v) is 5.18.